The van der Waals surface area contributed by atoms with Gasteiger partial charge in [-0.05, 0) is 23.6 Å². The number of carbonyl (C=O) groups excluding carboxylic acids is 1. The molecule has 3 nitrogen and oxygen atoms in total. The summed E-state index contributed by atoms with van der Waals surface area (Å²) in [5, 5.41) is 8.30. The van der Waals surface area contributed by atoms with E-state index in [4.69, 9.17) is 16.7 Å². The van der Waals surface area contributed by atoms with E-state index in [1.807, 2.05) is 0 Å². The Kier molecular flexibility index (Phi) is 3.65. The van der Waals surface area contributed by atoms with E-state index in [0.29, 0.717) is 0 Å². The minimum absolute atomic E-state index is 0.109. The van der Waals surface area contributed by atoms with Gasteiger partial charge in [-0.25, -0.2) is 9.18 Å². The monoisotopic (exact) mass is 244 g/mol. The van der Waals surface area contributed by atoms with Gasteiger partial charge in [0.25, 0.3) is 5.78 Å². The molecule has 0 saturated carbocycles. The molecule has 0 aliphatic rings. The molecule has 0 saturated heterocycles. The van der Waals surface area contributed by atoms with Crippen molar-refractivity contribution in [3.05, 3.63) is 34.1 Å². The summed E-state index contributed by atoms with van der Waals surface area (Å²) in [6.07, 6.45) is 0. The Labute approximate surface area is 96.8 Å². The number of ketones is 1. The number of hydrogen-bond donors (Lipinski definition) is 1. The molecule has 0 aromatic heterocycles. The maximum Gasteiger partial charge on any atom is 0.377 e. The Balaban J connectivity index is 3.35. The zero-order valence-corrected chi connectivity index (χ0v) is 9.51. The van der Waals surface area contributed by atoms with E-state index in [-0.39, 0.29) is 22.1 Å². The number of benzene rings is 1. The highest BCUT2D eigenvalue weighted by Gasteiger charge is 2.19. The average molecular weight is 245 g/mol. The minimum Gasteiger partial charge on any atom is -0.475 e. The van der Waals surface area contributed by atoms with Crippen LogP contribution in [0.5, 0.6) is 0 Å². The maximum absolute atomic E-state index is 13.5. The number of carbonyl (C=O) groups is 2. The Hall–Kier alpha value is -1.42. The van der Waals surface area contributed by atoms with Gasteiger partial charge in [0.05, 0.1) is 5.02 Å². The molecule has 1 N–H and O–H groups in total. The van der Waals surface area contributed by atoms with E-state index in [1.165, 1.54) is 6.07 Å². The Morgan fingerprint density at radius 1 is 1.38 bits per heavy atom. The second-order valence-electron chi connectivity index (χ2n) is 3.65. The van der Waals surface area contributed by atoms with Gasteiger partial charge in [-0.15, -0.1) is 0 Å². The number of hydrogen-bond acceptors (Lipinski definition) is 2. The third-order valence-corrected chi connectivity index (χ3v) is 2.41. The molecule has 0 heterocycles. The molecule has 0 aliphatic heterocycles. The van der Waals surface area contributed by atoms with Gasteiger partial charge in [-0.1, -0.05) is 25.4 Å². The second kappa shape index (κ2) is 4.61. The van der Waals surface area contributed by atoms with Gasteiger partial charge in [-0.2, -0.15) is 0 Å². The first kappa shape index (κ1) is 12.6. The van der Waals surface area contributed by atoms with E-state index in [9.17, 15) is 14.0 Å². The molecule has 1 rings (SSSR count). The van der Waals surface area contributed by atoms with Gasteiger partial charge in [-0.3, -0.25) is 4.79 Å². The third kappa shape index (κ3) is 2.39. The zero-order chi connectivity index (χ0) is 12.5. The molecular weight excluding hydrogens is 235 g/mol. The van der Waals surface area contributed by atoms with Crippen molar-refractivity contribution in [2.45, 2.75) is 19.8 Å². The molecule has 1 aromatic carbocycles. The predicted molar refractivity (Wildman–Crippen MR) is 57.5 cm³/mol. The van der Waals surface area contributed by atoms with Gasteiger partial charge >= 0.3 is 5.97 Å². The number of halogens is 2. The first-order chi connectivity index (χ1) is 7.34. The lowest BCUT2D eigenvalue weighted by Gasteiger charge is -2.09. The summed E-state index contributed by atoms with van der Waals surface area (Å²) in [5.74, 6) is -3.47. The number of Topliss-reactive ketones (excluding diaryl/α,β-unsaturated/α-hetero) is 1. The van der Waals surface area contributed by atoms with Crippen molar-refractivity contribution in [1.29, 1.82) is 0 Å². The molecule has 0 bridgehead atoms. The van der Waals surface area contributed by atoms with Crippen molar-refractivity contribution in [3.63, 3.8) is 0 Å². The predicted octanol–water partition coefficient (Wildman–Crippen LogP) is 2.87. The van der Waals surface area contributed by atoms with Gasteiger partial charge in [0, 0.05) is 5.56 Å². The van der Waals surface area contributed by atoms with E-state index >= 15 is 0 Å². The number of carboxylic acids is 1. The first-order valence-electron chi connectivity index (χ1n) is 4.61. The highest BCUT2D eigenvalue weighted by atomic mass is 35.5. The van der Waals surface area contributed by atoms with Crippen LogP contribution < -0.4 is 0 Å². The normalized spacial score (nSPS) is 10.6. The SMILES string of the molecule is CC(C)c1cc(C(=O)C(=O)O)cc(Cl)c1F. The van der Waals surface area contributed by atoms with Crippen molar-refractivity contribution >= 4 is 23.4 Å². The van der Waals surface area contributed by atoms with Crippen LogP contribution in [0.4, 0.5) is 4.39 Å². The lowest BCUT2D eigenvalue weighted by atomic mass is 9.98. The fourth-order valence-electron chi connectivity index (χ4n) is 1.29. The topological polar surface area (TPSA) is 54.4 Å². The van der Waals surface area contributed by atoms with Crippen molar-refractivity contribution in [2.75, 3.05) is 0 Å². The summed E-state index contributed by atoms with van der Waals surface area (Å²) < 4.78 is 13.5. The van der Waals surface area contributed by atoms with Crippen LogP contribution in [0.25, 0.3) is 0 Å². The second-order valence-corrected chi connectivity index (χ2v) is 4.06. The van der Waals surface area contributed by atoms with Crippen molar-refractivity contribution in [3.8, 4) is 0 Å². The van der Waals surface area contributed by atoms with E-state index in [1.54, 1.807) is 13.8 Å². The van der Waals surface area contributed by atoms with Crippen LogP contribution in [-0.2, 0) is 4.79 Å². The smallest absolute Gasteiger partial charge is 0.377 e. The van der Waals surface area contributed by atoms with Crippen LogP contribution in [0.3, 0.4) is 0 Å². The molecule has 0 spiro atoms. The molecule has 0 amide bonds. The largest absolute Gasteiger partial charge is 0.475 e. The van der Waals surface area contributed by atoms with Crippen LogP contribution in [0.1, 0.15) is 35.7 Å². The Morgan fingerprint density at radius 3 is 2.38 bits per heavy atom. The summed E-state index contributed by atoms with van der Waals surface area (Å²) in [6, 6.07) is 2.25. The molecular formula is C11H10ClFO3. The molecule has 1 aromatic rings. The molecule has 0 aliphatic carbocycles. The van der Waals surface area contributed by atoms with E-state index in [2.05, 4.69) is 0 Å². The number of aliphatic carboxylic acids is 1. The fraction of sp³-hybridized carbons (Fsp3) is 0.273. The summed E-state index contributed by atoms with van der Waals surface area (Å²) in [7, 11) is 0. The summed E-state index contributed by atoms with van der Waals surface area (Å²) >= 11 is 5.59. The van der Waals surface area contributed by atoms with E-state index < -0.39 is 17.6 Å². The first-order valence-corrected chi connectivity index (χ1v) is 4.99. The quantitative estimate of drug-likeness (QED) is 0.657. The molecule has 0 atom stereocenters. The van der Waals surface area contributed by atoms with Crippen molar-refractivity contribution in [2.24, 2.45) is 0 Å². The fourth-order valence-corrected chi connectivity index (χ4v) is 1.51. The minimum atomic E-state index is -1.59. The number of carboxylic acid groups (broad SMARTS) is 1. The van der Waals surface area contributed by atoms with Crippen molar-refractivity contribution < 1.29 is 19.1 Å². The van der Waals surface area contributed by atoms with Crippen molar-refractivity contribution in [1.82, 2.24) is 0 Å². The molecule has 0 fully saturated rings. The van der Waals surface area contributed by atoms with Gasteiger partial charge in [0.15, 0.2) is 0 Å². The number of rotatable bonds is 3. The van der Waals surface area contributed by atoms with Gasteiger partial charge in [0.1, 0.15) is 5.82 Å². The standard InChI is InChI=1S/C11H10ClFO3/c1-5(2)7-3-6(10(14)11(15)16)4-8(12)9(7)13/h3-5H,1-2H3,(H,15,16). The summed E-state index contributed by atoms with van der Waals surface area (Å²) in [5.41, 5.74) is 0.125. The molecule has 0 unspecified atom stereocenters. The third-order valence-electron chi connectivity index (χ3n) is 2.13. The molecule has 16 heavy (non-hydrogen) atoms. The van der Waals surface area contributed by atoms with Crippen LogP contribution >= 0.6 is 11.6 Å². The zero-order valence-electron chi connectivity index (χ0n) is 8.75. The van der Waals surface area contributed by atoms with Crippen LogP contribution in [0, 0.1) is 5.82 Å². The Morgan fingerprint density at radius 2 is 1.94 bits per heavy atom. The van der Waals surface area contributed by atoms with Crippen LogP contribution in [0.15, 0.2) is 12.1 Å². The summed E-state index contributed by atoms with van der Waals surface area (Å²) in [4.78, 5) is 21.7. The summed E-state index contributed by atoms with van der Waals surface area (Å²) in [6.45, 7) is 3.45. The highest BCUT2D eigenvalue weighted by molar-refractivity contribution is 6.40. The molecule has 0 radical (unpaired) electrons. The van der Waals surface area contributed by atoms with Gasteiger partial charge < -0.3 is 5.11 Å². The highest BCUT2D eigenvalue weighted by Crippen LogP contribution is 2.26. The van der Waals surface area contributed by atoms with Crippen LogP contribution in [0.2, 0.25) is 5.02 Å². The van der Waals surface area contributed by atoms with Crippen LogP contribution in [-0.4, -0.2) is 16.9 Å². The molecule has 5 heteroatoms. The maximum atomic E-state index is 13.5. The molecule has 86 valence electrons. The van der Waals surface area contributed by atoms with Gasteiger partial charge in [0.2, 0.25) is 0 Å². The lowest BCUT2D eigenvalue weighted by Crippen LogP contribution is -2.13. The van der Waals surface area contributed by atoms with E-state index in [0.717, 1.165) is 6.07 Å². The average Bonchev–Trinajstić information content (AvgIpc) is 2.20. The lowest BCUT2D eigenvalue weighted by molar-refractivity contribution is -0.131. The Bertz CT molecular complexity index is 455.